The Labute approximate surface area is 212 Å². The molecule has 2 aromatic heterocycles. The number of nitrogens with zero attached hydrogens (tertiary/aromatic N) is 5. The van der Waals surface area contributed by atoms with Crippen LogP contribution in [-0.2, 0) is 11.3 Å². The Balaban J connectivity index is 0.00000306. The van der Waals surface area contributed by atoms with Gasteiger partial charge in [-0.05, 0) is 49.7 Å². The van der Waals surface area contributed by atoms with Crippen molar-refractivity contribution in [2.24, 2.45) is 0 Å². The second kappa shape index (κ2) is 10.6. The second-order valence-corrected chi connectivity index (χ2v) is 7.35. The van der Waals surface area contributed by atoms with Gasteiger partial charge in [0.1, 0.15) is 11.8 Å². The molecule has 0 bridgehead atoms. The molecule has 0 fully saturated rings. The average Bonchev–Trinajstić information content (AvgIpc) is 3.45. The number of ether oxygens (including phenoxy) is 1. The van der Waals surface area contributed by atoms with Crippen molar-refractivity contribution in [2.75, 3.05) is 0 Å². The first-order chi connectivity index (χ1) is 15.5. The molecule has 0 spiro atoms. The van der Waals surface area contributed by atoms with E-state index < -0.39 is 5.97 Å². The minimum absolute atomic E-state index is 0. The summed E-state index contributed by atoms with van der Waals surface area (Å²) in [5, 5.41) is 29.3. The summed E-state index contributed by atoms with van der Waals surface area (Å²) < 4.78 is 12.8. The van der Waals surface area contributed by atoms with E-state index in [1.807, 2.05) is 32.0 Å². The number of carboxylic acid groups (broad SMARTS) is 1. The van der Waals surface area contributed by atoms with Crippen LogP contribution in [0.4, 0.5) is 0 Å². The van der Waals surface area contributed by atoms with E-state index in [0.717, 1.165) is 22.9 Å². The third-order valence-corrected chi connectivity index (χ3v) is 5.10. The van der Waals surface area contributed by atoms with Crippen molar-refractivity contribution in [1.82, 2.24) is 19.9 Å². The maximum absolute atomic E-state index is 10.7. The fourth-order valence-electron chi connectivity index (χ4n) is 3.21. The summed E-state index contributed by atoms with van der Waals surface area (Å²) in [4.78, 5) is 15.2. The molecule has 4 aromatic rings. The molecular formula is C23H20N5NaO4. The van der Waals surface area contributed by atoms with E-state index in [4.69, 9.17) is 9.26 Å². The van der Waals surface area contributed by atoms with Crippen LogP contribution in [0.1, 0.15) is 32.3 Å². The van der Waals surface area contributed by atoms with Crippen LogP contribution in [0.2, 0.25) is 0 Å². The average molecular weight is 453 g/mol. The predicted octanol–water partition coefficient (Wildman–Crippen LogP) is -0.0537. The van der Waals surface area contributed by atoms with Gasteiger partial charge in [-0.3, -0.25) is 4.68 Å². The molecule has 0 radical (unpaired) electrons. The molecule has 0 N–H and O–H groups in total. The maximum Gasteiger partial charge on any atom is 1.00 e. The van der Waals surface area contributed by atoms with Crippen molar-refractivity contribution >= 4 is 16.9 Å². The third-order valence-electron chi connectivity index (χ3n) is 5.10. The van der Waals surface area contributed by atoms with Crippen LogP contribution in [0.25, 0.3) is 33.7 Å². The second-order valence-electron chi connectivity index (χ2n) is 7.35. The zero-order valence-electron chi connectivity index (χ0n) is 18.6. The van der Waals surface area contributed by atoms with E-state index in [1.165, 1.54) is 0 Å². The zero-order valence-corrected chi connectivity index (χ0v) is 20.6. The Morgan fingerprint density at radius 3 is 2.79 bits per heavy atom. The molecule has 0 saturated heterocycles. The summed E-state index contributed by atoms with van der Waals surface area (Å²) in [6, 6.07) is 12.8. The molecule has 33 heavy (non-hydrogen) atoms. The van der Waals surface area contributed by atoms with Gasteiger partial charge in [-0.2, -0.15) is 15.3 Å². The van der Waals surface area contributed by atoms with E-state index in [0.29, 0.717) is 22.7 Å². The van der Waals surface area contributed by atoms with Crippen molar-refractivity contribution in [3.8, 4) is 34.7 Å². The fourth-order valence-corrected chi connectivity index (χ4v) is 3.21. The molecule has 10 heteroatoms. The van der Waals surface area contributed by atoms with Crippen LogP contribution in [0.5, 0.6) is 5.75 Å². The number of fused-ring (bicyclic) bond motifs is 1. The van der Waals surface area contributed by atoms with Crippen molar-refractivity contribution < 1.29 is 48.7 Å². The number of hydrogen-bond donors (Lipinski definition) is 0. The van der Waals surface area contributed by atoms with E-state index in [1.54, 1.807) is 29.1 Å². The first-order valence-electron chi connectivity index (χ1n) is 10.2. The monoisotopic (exact) mass is 453 g/mol. The molecule has 9 nitrogen and oxygen atoms in total. The van der Waals surface area contributed by atoms with Crippen LogP contribution < -0.4 is 39.4 Å². The Morgan fingerprint density at radius 2 is 2.06 bits per heavy atom. The number of hydrogen-bond acceptors (Lipinski definition) is 8. The van der Waals surface area contributed by atoms with E-state index in [2.05, 4.69) is 21.3 Å². The van der Waals surface area contributed by atoms with Gasteiger partial charge in [-0.15, -0.1) is 0 Å². The van der Waals surface area contributed by atoms with Crippen LogP contribution in [0.15, 0.2) is 47.1 Å². The molecule has 0 saturated carbocycles. The number of nitriles is 1. The quantitative estimate of drug-likeness (QED) is 0.340. The van der Waals surface area contributed by atoms with E-state index >= 15 is 0 Å². The summed E-state index contributed by atoms with van der Waals surface area (Å²) in [6.45, 7) is 4.19. The number of benzene rings is 2. The minimum atomic E-state index is -1.12. The summed E-state index contributed by atoms with van der Waals surface area (Å²) in [5.74, 6) is 0.0780. The molecule has 4 rings (SSSR count). The predicted molar refractivity (Wildman–Crippen MR) is 113 cm³/mol. The van der Waals surface area contributed by atoms with E-state index in [9.17, 15) is 15.2 Å². The summed E-state index contributed by atoms with van der Waals surface area (Å²) >= 11 is 0. The van der Waals surface area contributed by atoms with Crippen LogP contribution in [-0.4, -0.2) is 32.0 Å². The third kappa shape index (κ3) is 5.42. The van der Waals surface area contributed by atoms with Gasteiger partial charge in [0, 0.05) is 35.4 Å². The molecule has 1 atom stereocenters. The van der Waals surface area contributed by atoms with Crippen molar-refractivity contribution in [2.45, 2.75) is 39.3 Å². The van der Waals surface area contributed by atoms with Crippen LogP contribution in [0.3, 0.4) is 0 Å². The summed E-state index contributed by atoms with van der Waals surface area (Å²) in [7, 11) is 0. The fraction of sp³-hybridized carbons (Fsp3) is 0.261. The number of aryl methyl sites for hydroxylation is 1. The smallest absolute Gasteiger partial charge is 0.550 e. The van der Waals surface area contributed by atoms with Crippen molar-refractivity contribution in [1.29, 1.82) is 5.26 Å². The van der Waals surface area contributed by atoms with Gasteiger partial charge in [0.15, 0.2) is 0 Å². The van der Waals surface area contributed by atoms with E-state index in [-0.39, 0.29) is 54.5 Å². The molecule has 0 aliphatic carbocycles. The number of carbonyl (C=O) groups is 1. The number of carbonyl (C=O) groups excluding carboxylic acids is 1. The van der Waals surface area contributed by atoms with Crippen LogP contribution >= 0.6 is 0 Å². The van der Waals surface area contributed by atoms with Gasteiger partial charge in [0.2, 0.25) is 5.82 Å². The molecule has 0 amide bonds. The summed E-state index contributed by atoms with van der Waals surface area (Å²) in [6.07, 6.45) is 2.38. The maximum atomic E-state index is 10.7. The van der Waals surface area contributed by atoms with Crippen molar-refractivity contribution in [3.05, 3.63) is 48.2 Å². The molecule has 0 aliphatic heterocycles. The molecule has 162 valence electrons. The Bertz CT molecular complexity index is 1320. The minimum Gasteiger partial charge on any atom is -0.550 e. The first-order valence-corrected chi connectivity index (χ1v) is 10.2. The van der Waals surface area contributed by atoms with Gasteiger partial charge in [-0.25, -0.2) is 0 Å². The van der Waals surface area contributed by atoms with Crippen LogP contribution in [0, 0.1) is 11.3 Å². The Morgan fingerprint density at radius 1 is 1.27 bits per heavy atom. The van der Waals surface area contributed by atoms with Crippen molar-refractivity contribution in [3.63, 3.8) is 0 Å². The SMILES string of the molecule is CC[C@H](C)Oc1ccc(-c2nc(-c3ccc4c(cnn4CCC(=O)[O-])c3)no2)cc1C#N.[Na+]. The molecular weight excluding hydrogens is 433 g/mol. The Hall–Kier alpha value is -3.19. The number of carboxylic acids is 1. The largest absolute Gasteiger partial charge is 1.00 e. The normalized spacial score (nSPS) is 11.5. The van der Waals surface area contributed by atoms with Gasteiger partial charge in [0.25, 0.3) is 5.89 Å². The zero-order chi connectivity index (χ0) is 22.7. The summed E-state index contributed by atoms with van der Waals surface area (Å²) in [5.41, 5.74) is 2.54. The number of rotatable bonds is 8. The number of aromatic nitrogens is 4. The van der Waals surface area contributed by atoms with Gasteiger partial charge >= 0.3 is 29.6 Å². The Kier molecular flexibility index (Phi) is 7.87. The molecule has 2 heterocycles. The standard InChI is InChI=1S/C23H21N5O4.Na/c1-3-14(2)31-20-7-5-16(11-17(20)12-24)23-26-22(27-32-23)15-4-6-19-18(10-15)13-25-28(19)9-8-21(29)30;/h4-7,10-11,13-14H,3,8-9H2,1-2H3,(H,29,30);/q;+1/p-1/t14-;/m0./s1. The number of aliphatic carboxylic acids is 1. The molecule has 0 aliphatic rings. The molecule has 2 aromatic carbocycles. The van der Waals surface area contributed by atoms with Gasteiger partial charge in [0.05, 0.1) is 23.4 Å². The molecule has 0 unspecified atom stereocenters. The van der Waals surface area contributed by atoms with Gasteiger partial charge in [-0.1, -0.05) is 12.1 Å². The van der Waals surface area contributed by atoms with Gasteiger partial charge < -0.3 is 19.2 Å². The first kappa shape index (κ1) is 24.5. The topological polar surface area (TPSA) is 130 Å².